The first-order valence-corrected chi connectivity index (χ1v) is 15.0. The first-order valence-electron chi connectivity index (χ1n) is 14.7. The molecule has 4 heterocycles. The molecular formula is C29H26ClF8N9O4. The third-order valence-electron chi connectivity index (χ3n) is 7.21. The molecule has 0 radical (unpaired) electrons. The quantitative estimate of drug-likeness (QED) is 0.255. The van der Waals surface area contributed by atoms with Gasteiger partial charge in [0, 0.05) is 16.8 Å². The molecule has 0 spiro atoms. The van der Waals surface area contributed by atoms with Gasteiger partial charge >= 0.3 is 24.1 Å². The van der Waals surface area contributed by atoms with Crippen LogP contribution in [0.2, 0.25) is 5.02 Å². The van der Waals surface area contributed by atoms with Crippen molar-refractivity contribution in [3.63, 3.8) is 0 Å². The van der Waals surface area contributed by atoms with Gasteiger partial charge in [-0.3, -0.25) is 14.3 Å². The molecule has 0 saturated carbocycles. The number of nitrogens with zero attached hydrogens (tertiary/aromatic N) is 8. The highest BCUT2D eigenvalue weighted by atomic mass is 35.5. The third kappa shape index (κ3) is 8.12. The van der Waals surface area contributed by atoms with Crippen LogP contribution in [0.4, 0.5) is 39.9 Å². The van der Waals surface area contributed by atoms with Gasteiger partial charge in [-0.05, 0) is 57.2 Å². The fourth-order valence-corrected chi connectivity index (χ4v) is 5.06. The Balaban J connectivity index is 1.47. The number of hydrogen-bond acceptors (Lipinski definition) is 8. The van der Waals surface area contributed by atoms with Gasteiger partial charge in [0.15, 0.2) is 23.5 Å². The van der Waals surface area contributed by atoms with Crippen LogP contribution in [-0.4, -0.2) is 87.3 Å². The number of nitrogens with one attached hydrogen (secondary N) is 1. The minimum Gasteiger partial charge on any atom is -0.444 e. The molecule has 13 nitrogen and oxygen atoms in total. The van der Waals surface area contributed by atoms with Gasteiger partial charge in [-0.1, -0.05) is 11.6 Å². The molecule has 1 fully saturated rings. The number of carbonyl (C=O) groups is 2. The van der Waals surface area contributed by atoms with E-state index >= 15 is 0 Å². The summed E-state index contributed by atoms with van der Waals surface area (Å²) >= 11 is 5.93. The lowest BCUT2D eigenvalue weighted by Crippen LogP contribution is -2.73. The van der Waals surface area contributed by atoms with Crippen LogP contribution >= 0.6 is 11.6 Å². The number of pyridine rings is 1. The van der Waals surface area contributed by atoms with E-state index in [1.165, 1.54) is 50.4 Å². The van der Waals surface area contributed by atoms with Crippen molar-refractivity contribution in [1.82, 2.24) is 44.3 Å². The fourth-order valence-electron chi connectivity index (χ4n) is 4.94. The molecule has 51 heavy (non-hydrogen) atoms. The summed E-state index contributed by atoms with van der Waals surface area (Å²) in [6, 6.07) is 1.50. The van der Waals surface area contributed by atoms with E-state index in [2.05, 4.69) is 20.2 Å². The van der Waals surface area contributed by atoms with Gasteiger partial charge in [-0.2, -0.15) is 26.3 Å². The first kappa shape index (κ1) is 37.2. The van der Waals surface area contributed by atoms with Crippen LogP contribution in [0, 0.1) is 0 Å². The van der Waals surface area contributed by atoms with E-state index in [4.69, 9.17) is 16.3 Å². The molecule has 1 unspecified atom stereocenters. The van der Waals surface area contributed by atoms with E-state index in [-0.39, 0.29) is 21.3 Å². The molecule has 1 aromatic carbocycles. The number of aromatic nitrogens is 7. The summed E-state index contributed by atoms with van der Waals surface area (Å²) in [5.74, 6) is -7.10. The second-order valence-electron chi connectivity index (χ2n) is 12.2. The van der Waals surface area contributed by atoms with E-state index in [1.807, 2.05) is 0 Å². The Morgan fingerprint density at radius 3 is 2.29 bits per heavy atom. The topological polar surface area (TPSA) is 142 Å². The standard InChI is InChI=1S/C29H26ClF8N9O4/c1-26(2,3)51-25(50)45-13-27(31,32)20(45)23(48)41-18(29(36,37)38)11-44-21(15-6-8-16(30)9-7-15)43-46(24(44)49)12-19-40-14-47(42-19)22-17(28(33,34)35)5-4-10-39-22/h4-10,14,18,20H,11-13H2,1-3H3,(H,41,48)/t18?,20-/m1/s1. The number of hydrogen-bond donors (Lipinski definition) is 1. The Hall–Kier alpha value is -5.08. The van der Waals surface area contributed by atoms with Crippen molar-refractivity contribution in [3.05, 3.63) is 75.8 Å². The van der Waals surface area contributed by atoms with Crippen molar-refractivity contribution >= 4 is 23.6 Å². The Kier molecular flexibility index (Phi) is 9.65. The molecule has 1 aliphatic rings. The molecular weight excluding hydrogens is 726 g/mol. The van der Waals surface area contributed by atoms with Crippen LogP contribution in [0.5, 0.6) is 0 Å². The minimum atomic E-state index is -5.33. The van der Waals surface area contributed by atoms with E-state index in [0.717, 1.165) is 24.7 Å². The Bertz CT molecular complexity index is 1980. The van der Waals surface area contributed by atoms with Crippen LogP contribution in [0.25, 0.3) is 17.2 Å². The molecule has 0 bridgehead atoms. The zero-order chi connectivity index (χ0) is 37.7. The number of carbonyl (C=O) groups excluding carboxylic acids is 2. The van der Waals surface area contributed by atoms with Crippen LogP contribution in [0.1, 0.15) is 32.2 Å². The number of benzene rings is 1. The number of rotatable bonds is 8. The zero-order valence-electron chi connectivity index (χ0n) is 26.5. The number of alkyl halides is 8. The maximum Gasteiger partial charge on any atom is 0.420 e. The van der Waals surface area contributed by atoms with E-state index in [9.17, 15) is 49.5 Å². The number of likely N-dealkylation sites (tertiary alicyclic amines) is 1. The Labute approximate surface area is 286 Å². The average Bonchev–Trinajstić information content (AvgIpc) is 3.59. The van der Waals surface area contributed by atoms with Crippen molar-refractivity contribution in [2.45, 2.75) is 69.8 Å². The zero-order valence-corrected chi connectivity index (χ0v) is 27.3. The van der Waals surface area contributed by atoms with Crippen molar-refractivity contribution in [2.75, 3.05) is 6.54 Å². The summed E-state index contributed by atoms with van der Waals surface area (Å²) in [7, 11) is 0. The number of amides is 2. The normalized spacial score (nSPS) is 16.8. The van der Waals surface area contributed by atoms with Gasteiger partial charge in [0.1, 0.15) is 30.1 Å². The highest BCUT2D eigenvalue weighted by Gasteiger charge is 2.62. The average molecular weight is 752 g/mol. The van der Waals surface area contributed by atoms with Crippen LogP contribution in [0.15, 0.2) is 53.7 Å². The maximum atomic E-state index is 14.5. The Morgan fingerprint density at radius 1 is 1.04 bits per heavy atom. The lowest BCUT2D eigenvalue weighted by atomic mass is 9.97. The highest BCUT2D eigenvalue weighted by molar-refractivity contribution is 6.30. The van der Waals surface area contributed by atoms with Crippen LogP contribution < -0.4 is 11.0 Å². The largest absolute Gasteiger partial charge is 0.444 e. The van der Waals surface area contributed by atoms with Crippen molar-refractivity contribution in [2.24, 2.45) is 0 Å². The van der Waals surface area contributed by atoms with Crippen molar-refractivity contribution in [1.29, 1.82) is 0 Å². The molecule has 2 atom stereocenters. The number of ether oxygens (including phenoxy) is 1. The van der Waals surface area contributed by atoms with Gasteiger partial charge in [0.05, 0.1) is 13.1 Å². The summed E-state index contributed by atoms with van der Waals surface area (Å²) in [4.78, 5) is 46.8. The SMILES string of the molecule is CC(C)(C)OC(=O)N1CC(F)(F)[C@H]1C(=O)NC(Cn1c(-c2ccc(Cl)cc2)nn(Cc2ncn(-c3ncccc3C(F)(F)F)n2)c1=O)C(F)(F)F. The minimum absolute atomic E-state index is 0.0610. The fraction of sp³-hybridized carbons (Fsp3) is 0.414. The van der Waals surface area contributed by atoms with Gasteiger partial charge in [0.25, 0.3) is 5.92 Å². The predicted molar refractivity (Wildman–Crippen MR) is 160 cm³/mol. The van der Waals surface area contributed by atoms with E-state index in [1.54, 1.807) is 0 Å². The van der Waals surface area contributed by atoms with Crippen molar-refractivity contribution < 1.29 is 49.4 Å². The lowest BCUT2D eigenvalue weighted by Gasteiger charge is -2.46. The number of halogens is 9. The second-order valence-corrected chi connectivity index (χ2v) is 12.7. The molecule has 22 heteroatoms. The van der Waals surface area contributed by atoms with Gasteiger partial charge in [-0.15, -0.1) is 10.2 Å². The molecule has 1 aliphatic heterocycles. The molecule has 4 aromatic rings. The maximum absolute atomic E-state index is 14.5. The summed E-state index contributed by atoms with van der Waals surface area (Å²) in [6.45, 7) is 0.918. The van der Waals surface area contributed by atoms with E-state index in [0.29, 0.717) is 13.9 Å². The monoisotopic (exact) mass is 751 g/mol. The first-order chi connectivity index (χ1) is 23.5. The molecule has 274 valence electrons. The van der Waals surface area contributed by atoms with Crippen LogP contribution in [0.3, 0.4) is 0 Å². The molecule has 2 amide bonds. The van der Waals surface area contributed by atoms with Crippen LogP contribution in [-0.2, 0) is 28.8 Å². The molecule has 3 aromatic heterocycles. The molecule has 0 aliphatic carbocycles. The Morgan fingerprint density at radius 2 is 1.71 bits per heavy atom. The van der Waals surface area contributed by atoms with Gasteiger partial charge in [-0.25, -0.2) is 37.7 Å². The second kappa shape index (κ2) is 13.2. The van der Waals surface area contributed by atoms with Gasteiger partial charge in [0.2, 0.25) is 5.91 Å². The van der Waals surface area contributed by atoms with Gasteiger partial charge < -0.3 is 10.1 Å². The third-order valence-corrected chi connectivity index (χ3v) is 7.46. The molecule has 5 rings (SSSR count). The summed E-state index contributed by atoms with van der Waals surface area (Å²) in [5, 5.41) is 9.69. The highest BCUT2D eigenvalue weighted by Crippen LogP contribution is 2.37. The lowest BCUT2D eigenvalue weighted by molar-refractivity contribution is -0.193. The van der Waals surface area contributed by atoms with E-state index < -0.39 is 90.5 Å². The summed E-state index contributed by atoms with van der Waals surface area (Å²) in [5.41, 5.74) is -3.49. The predicted octanol–water partition coefficient (Wildman–Crippen LogP) is 4.71. The van der Waals surface area contributed by atoms with Crippen molar-refractivity contribution in [3.8, 4) is 17.2 Å². The smallest absolute Gasteiger partial charge is 0.420 e. The summed E-state index contributed by atoms with van der Waals surface area (Å²) < 4.78 is 120. The molecule has 1 saturated heterocycles. The summed E-state index contributed by atoms with van der Waals surface area (Å²) in [6.07, 6.45) is -9.54. The molecule has 1 N–H and O–H groups in total.